The van der Waals surface area contributed by atoms with E-state index < -0.39 is 0 Å². The summed E-state index contributed by atoms with van der Waals surface area (Å²) < 4.78 is 5.36. The van der Waals surface area contributed by atoms with E-state index in [9.17, 15) is 0 Å². The summed E-state index contributed by atoms with van der Waals surface area (Å²) in [6, 6.07) is 0.503. The van der Waals surface area contributed by atoms with Crippen molar-refractivity contribution >= 4 is 0 Å². The Hall–Kier alpha value is -0.500. The largest absolute Gasteiger partial charge is 0.379 e. The van der Waals surface area contributed by atoms with Crippen LogP contribution in [0.1, 0.15) is 20.3 Å². The number of likely N-dealkylation sites (N-methyl/N-ethyl adjacent to an activating group) is 1. The van der Waals surface area contributed by atoms with Gasteiger partial charge in [-0.2, -0.15) is 0 Å². The summed E-state index contributed by atoms with van der Waals surface area (Å²) in [6.07, 6.45) is 3.63. The van der Waals surface area contributed by atoms with E-state index in [0.717, 1.165) is 6.42 Å². The zero-order chi connectivity index (χ0) is 8.43. The molecule has 1 aliphatic rings. The predicted molar refractivity (Wildman–Crippen MR) is 46.4 cm³/mol. The average molecular weight is 155 g/mol. The van der Waals surface area contributed by atoms with Gasteiger partial charge < -0.3 is 9.64 Å². The van der Waals surface area contributed by atoms with E-state index in [1.54, 1.807) is 7.11 Å². The van der Waals surface area contributed by atoms with E-state index in [1.165, 1.54) is 5.57 Å². The molecule has 0 saturated carbocycles. The van der Waals surface area contributed by atoms with Crippen LogP contribution in [-0.4, -0.2) is 31.2 Å². The number of methoxy groups -OCH3 is 1. The molecular weight excluding hydrogens is 138 g/mol. The second-order valence-corrected chi connectivity index (χ2v) is 3.36. The van der Waals surface area contributed by atoms with Gasteiger partial charge in [-0.1, -0.05) is 5.57 Å². The molecule has 1 rings (SSSR count). The van der Waals surface area contributed by atoms with E-state index in [2.05, 4.69) is 32.0 Å². The van der Waals surface area contributed by atoms with Crippen molar-refractivity contribution in [2.24, 2.45) is 0 Å². The third-order valence-corrected chi connectivity index (χ3v) is 2.43. The SMILES string of the molecule is COC1CC(C)=CN(C)C1C. The fraction of sp³-hybridized carbons (Fsp3) is 0.778. The summed E-state index contributed by atoms with van der Waals surface area (Å²) in [5.74, 6) is 0. The first-order valence-corrected chi connectivity index (χ1v) is 4.07. The molecule has 0 spiro atoms. The Balaban J connectivity index is 2.67. The first-order valence-electron chi connectivity index (χ1n) is 4.07. The summed E-state index contributed by atoms with van der Waals surface area (Å²) in [5, 5.41) is 0. The normalized spacial score (nSPS) is 32.0. The van der Waals surface area contributed by atoms with E-state index in [4.69, 9.17) is 4.74 Å². The van der Waals surface area contributed by atoms with E-state index in [1.807, 2.05) is 0 Å². The van der Waals surface area contributed by atoms with Crippen LogP contribution in [0.3, 0.4) is 0 Å². The van der Waals surface area contributed by atoms with Gasteiger partial charge in [0.2, 0.25) is 0 Å². The number of hydrogen-bond donors (Lipinski definition) is 0. The van der Waals surface area contributed by atoms with Crippen molar-refractivity contribution in [1.82, 2.24) is 4.90 Å². The molecule has 2 atom stereocenters. The van der Waals surface area contributed by atoms with Gasteiger partial charge in [-0.05, 0) is 26.5 Å². The van der Waals surface area contributed by atoms with Crippen LogP contribution >= 0.6 is 0 Å². The molecule has 1 heterocycles. The number of rotatable bonds is 1. The fourth-order valence-corrected chi connectivity index (χ4v) is 1.55. The molecule has 0 aromatic rings. The van der Waals surface area contributed by atoms with Crippen molar-refractivity contribution < 1.29 is 4.74 Å². The van der Waals surface area contributed by atoms with Crippen molar-refractivity contribution in [3.8, 4) is 0 Å². The van der Waals surface area contributed by atoms with Crippen LogP contribution in [0.15, 0.2) is 11.8 Å². The molecule has 0 aromatic heterocycles. The smallest absolute Gasteiger partial charge is 0.0808 e. The second kappa shape index (κ2) is 3.26. The maximum absolute atomic E-state index is 5.36. The number of hydrogen-bond acceptors (Lipinski definition) is 2. The van der Waals surface area contributed by atoms with Crippen LogP contribution in [0.5, 0.6) is 0 Å². The van der Waals surface area contributed by atoms with Gasteiger partial charge in [0, 0.05) is 14.2 Å². The van der Waals surface area contributed by atoms with Gasteiger partial charge in [-0.3, -0.25) is 0 Å². The third kappa shape index (κ3) is 1.74. The summed E-state index contributed by atoms with van der Waals surface area (Å²) in [6.45, 7) is 4.34. The zero-order valence-corrected chi connectivity index (χ0v) is 7.79. The zero-order valence-electron chi connectivity index (χ0n) is 7.79. The first-order chi connectivity index (χ1) is 5.15. The average Bonchev–Trinajstić information content (AvgIpc) is 1.96. The van der Waals surface area contributed by atoms with Crippen molar-refractivity contribution in [3.05, 3.63) is 11.8 Å². The maximum atomic E-state index is 5.36. The van der Waals surface area contributed by atoms with Gasteiger partial charge in [0.25, 0.3) is 0 Å². The highest BCUT2D eigenvalue weighted by molar-refractivity contribution is 5.06. The minimum Gasteiger partial charge on any atom is -0.379 e. The fourth-order valence-electron chi connectivity index (χ4n) is 1.55. The van der Waals surface area contributed by atoms with Gasteiger partial charge in [0.05, 0.1) is 12.1 Å². The molecule has 2 unspecified atom stereocenters. The Labute approximate surface area is 68.8 Å². The van der Waals surface area contributed by atoms with Gasteiger partial charge in [0.1, 0.15) is 0 Å². The monoisotopic (exact) mass is 155 g/mol. The first kappa shape index (κ1) is 8.60. The molecule has 0 N–H and O–H groups in total. The lowest BCUT2D eigenvalue weighted by molar-refractivity contribution is 0.0373. The molecule has 2 heteroatoms. The van der Waals surface area contributed by atoms with Crippen LogP contribution in [0, 0.1) is 0 Å². The number of nitrogens with zero attached hydrogens (tertiary/aromatic N) is 1. The van der Waals surface area contributed by atoms with Crippen molar-refractivity contribution in [3.63, 3.8) is 0 Å². The highest BCUT2D eigenvalue weighted by Crippen LogP contribution is 2.20. The van der Waals surface area contributed by atoms with Crippen LogP contribution in [0.2, 0.25) is 0 Å². The summed E-state index contributed by atoms with van der Waals surface area (Å²) in [5.41, 5.74) is 1.40. The minimum absolute atomic E-state index is 0.366. The molecule has 64 valence electrons. The molecule has 2 nitrogen and oxygen atoms in total. The van der Waals surface area contributed by atoms with Gasteiger partial charge in [-0.15, -0.1) is 0 Å². The van der Waals surface area contributed by atoms with Crippen molar-refractivity contribution in [2.45, 2.75) is 32.4 Å². The summed E-state index contributed by atoms with van der Waals surface area (Å²) >= 11 is 0. The van der Waals surface area contributed by atoms with Gasteiger partial charge >= 0.3 is 0 Å². The molecule has 0 amide bonds. The van der Waals surface area contributed by atoms with Gasteiger partial charge in [0.15, 0.2) is 0 Å². The lowest BCUT2D eigenvalue weighted by Gasteiger charge is -2.35. The Morgan fingerprint density at radius 2 is 2.27 bits per heavy atom. The van der Waals surface area contributed by atoms with Crippen LogP contribution in [0.25, 0.3) is 0 Å². The standard InChI is InChI=1S/C9H17NO/c1-7-5-9(11-4)8(2)10(3)6-7/h6,8-9H,5H2,1-4H3. The second-order valence-electron chi connectivity index (χ2n) is 3.36. The quantitative estimate of drug-likeness (QED) is 0.570. The highest BCUT2D eigenvalue weighted by atomic mass is 16.5. The molecule has 0 bridgehead atoms. The van der Waals surface area contributed by atoms with Crippen molar-refractivity contribution in [2.75, 3.05) is 14.2 Å². The van der Waals surface area contributed by atoms with E-state index in [0.29, 0.717) is 12.1 Å². The van der Waals surface area contributed by atoms with Crippen LogP contribution in [0.4, 0.5) is 0 Å². The molecule has 0 fully saturated rings. The maximum Gasteiger partial charge on any atom is 0.0808 e. The van der Waals surface area contributed by atoms with Gasteiger partial charge in [-0.25, -0.2) is 0 Å². The highest BCUT2D eigenvalue weighted by Gasteiger charge is 2.23. The minimum atomic E-state index is 0.366. The predicted octanol–water partition coefficient (Wildman–Crippen LogP) is 1.63. The lowest BCUT2D eigenvalue weighted by atomic mass is 10.00. The van der Waals surface area contributed by atoms with E-state index in [-0.39, 0.29) is 0 Å². The van der Waals surface area contributed by atoms with E-state index >= 15 is 0 Å². The Bertz CT molecular complexity index is 165. The Morgan fingerprint density at radius 1 is 1.64 bits per heavy atom. The lowest BCUT2D eigenvalue weighted by Crippen LogP contribution is -2.40. The number of ether oxygens (including phenoxy) is 1. The molecular formula is C9H17NO. The van der Waals surface area contributed by atoms with Crippen LogP contribution in [-0.2, 0) is 4.74 Å². The Kier molecular flexibility index (Phi) is 2.55. The molecule has 1 aliphatic heterocycles. The topological polar surface area (TPSA) is 12.5 Å². The molecule has 11 heavy (non-hydrogen) atoms. The molecule has 0 saturated heterocycles. The molecule has 0 radical (unpaired) electrons. The third-order valence-electron chi connectivity index (χ3n) is 2.43. The van der Waals surface area contributed by atoms with Crippen molar-refractivity contribution in [1.29, 1.82) is 0 Å². The molecule has 0 aromatic carbocycles. The Morgan fingerprint density at radius 3 is 2.82 bits per heavy atom. The summed E-state index contributed by atoms with van der Waals surface area (Å²) in [4.78, 5) is 2.22. The van der Waals surface area contributed by atoms with Crippen LogP contribution < -0.4 is 0 Å². The molecule has 0 aliphatic carbocycles. The summed E-state index contributed by atoms with van der Waals surface area (Å²) in [7, 11) is 3.88.